The van der Waals surface area contributed by atoms with Crippen LogP contribution in [0.15, 0.2) is 29.6 Å². The summed E-state index contributed by atoms with van der Waals surface area (Å²) < 4.78 is 22.9. The maximum Gasteiger partial charge on any atom is 0.365 e. The van der Waals surface area contributed by atoms with Gasteiger partial charge in [-0.1, -0.05) is 0 Å². The Morgan fingerprint density at radius 3 is 2.29 bits per heavy atom. The zero-order valence-corrected chi connectivity index (χ0v) is 12.1. The smallest absolute Gasteiger partial charge is 0.322 e. The first-order chi connectivity index (χ1) is 9.58. The van der Waals surface area contributed by atoms with Crippen LogP contribution in [0.1, 0.15) is 16.8 Å². The van der Waals surface area contributed by atoms with Gasteiger partial charge in [0.1, 0.15) is 5.71 Å². The van der Waals surface area contributed by atoms with Gasteiger partial charge in [0, 0.05) is 24.4 Å². The fraction of sp³-hybridized carbons (Fsp3) is 0.222. The monoisotopic (exact) mass is 335 g/mol. The molecule has 21 heavy (non-hydrogen) atoms. The van der Waals surface area contributed by atoms with Crippen molar-refractivity contribution in [3.63, 3.8) is 0 Å². The van der Waals surface area contributed by atoms with Crippen LogP contribution in [0, 0.1) is 0 Å². The summed E-state index contributed by atoms with van der Waals surface area (Å²) in [5.41, 5.74) is 1.47. The second-order valence-corrected chi connectivity index (χ2v) is 8.38. The molecule has 1 aliphatic rings. The normalized spacial score (nSPS) is 18.0. The van der Waals surface area contributed by atoms with Gasteiger partial charge in [-0.05, 0) is 12.1 Å². The van der Waals surface area contributed by atoms with Crippen LogP contribution in [-0.2, 0) is 9.13 Å². The largest absolute Gasteiger partial charge is 0.365 e. The van der Waals surface area contributed by atoms with Crippen LogP contribution >= 0.6 is 15.2 Å². The van der Waals surface area contributed by atoms with E-state index < -0.39 is 38.1 Å². The third-order valence-corrected chi connectivity index (χ3v) is 6.94. The number of hydrogen-bond donors (Lipinski definition) is 5. The van der Waals surface area contributed by atoms with Crippen molar-refractivity contribution >= 4 is 26.7 Å². The van der Waals surface area contributed by atoms with E-state index in [-0.39, 0.29) is 5.56 Å². The van der Waals surface area contributed by atoms with E-state index in [0.29, 0.717) is 0 Å². The highest BCUT2D eigenvalue weighted by Crippen LogP contribution is 2.70. The Kier molecular flexibility index (Phi) is 3.88. The van der Waals surface area contributed by atoms with E-state index in [0.717, 1.165) is 0 Å². The molecule has 1 aromatic heterocycles. The van der Waals surface area contributed by atoms with Gasteiger partial charge in [-0.2, -0.15) is 5.10 Å². The molecular weight excluding hydrogens is 324 g/mol. The molecule has 12 heteroatoms. The lowest BCUT2D eigenvalue weighted by Gasteiger charge is -2.29. The first-order valence-electron chi connectivity index (χ1n) is 5.48. The molecule has 1 aromatic rings. The molecule has 0 aromatic carbocycles. The summed E-state index contributed by atoms with van der Waals surface area (Å²) >= 11 is 0. The minimum absolute atomic E-state index is 0.0882. The molecule has 0 aliphatic carbocycles. The van der Waals surface area contributed by atoms with Crippen molar-refractivity contribution in [1.82, 2.24) is 10.4 Å². The van der Waals surface area contributed by atoms with Crippen molar-refractivity contribution in [3.8, 4) is 0 Å². The van der Waals surface area contributed by atoms with Crippen LogP contribution in [0.5, 0.6) is 0 Å². The quantitative estimate of drug-likeness (QED) is 0.363. The first kappa shape index (κ1) is 16.0. The molecule has 1 aliphatic heterocycles. The van der Waals surface area contributed by atoms with Gasteiger partial charge in [-0.25, -0.2) is 0 Å². The molecular formula is C9H11N3O7P2. The van der Waals surface area contributed by atoms with E-state index in [9.17, 15) is 33.5 Å². The molecule has 0 saturated heterocycles. The topological polar surface area (TPSA) is 169 Å². The van der Waals surface area contributed by atoms with Gasteiger partial charge < -0.3 is 19.6 Å². The standard InChI is InChI=1S/C9H11N3O7P2/c13-8(6-2-1-3-10-5-6)7-4-9(12-11-7,20(14,15)16)21(17,18)19/h1-3,5,12H,4H2,(H2,14,15,16)(H2,17,18,19). The second kappa shape index (κ2) is 5.10. The Morgan fingerprint density at radius 2 is 1.86 bits per heavy atom. The highest BCUT2D eigenvalue weighted by molar-refractivity contribution is 7.72. The van der Waals surface area contributed by atoms with Crippen LogP contribution in [0.25, 0.3) is 0 Å². The van der Waals surface area contributed by atoms with Gasteiger partial charge in [-0.3, -0.25) is 24.3 Å². The number of nitrogens with zero attached hydrogens (tertiary/aromatic N) is 2. The maximum absolute atomic E-state index is 12.1. The summed E-state index contributed by atoms with van der Waals surface area (Å²) in [6, 6.07) is 2.86. The van der Waals surface area contributed by atoms with Crippen LogP contribution in [-0.4, -0.2) is 41.1 Å². The minimum atomic E-state index is -5.29. The fourth-order valence-electron chi connectivity index (χ4n) is 1.77. The van der Waals surface area contributed by atoms with Gasteiger partial charge in [0.15, 0.2) is 0 Å². The van der Waals surface area contributed by atoms with Crippen LogP contribution in [0.2, 0.25) is 0 Å². The van der Waals surface area contributed by atoms with Crippen molar-refractivity contribution in [2.24, 2.45) is 5.10 Å². The summed E-state index contributed by atoms with van der Waals surface area (Å²) in [5.74, 6) is -0.723. The van der Waals surface area contributed by atoms with Gasteiger partial charge in [0.05, 0.1) is 0 Å². The lowest BCUT2D eigenvalue weighted by Crippen LogP contribution is -2.38. The number of hydrazone groups is 1. The van der Waals surface area contributed by atoms with Crippen molar-refractivity contribution < 1.29 is 33.5 Å². The molecule has 0 unspecified atom stereocenters. The van der Waals surface area contributed by atoms with E-state index in [1.807, 2.05) is 0 Å². The highest BCUT2D eigenvalue weighted by Gasteiger charge is 2.64. The van der Waals surface area contributed by atoms with E-state index in [2.05, 4.69) is 10.1 Å². The Balaban J connectivity index is 2.36. The van der Waals surface area contributed by atoms with Gasteiger partial charge in [0.2, 0.25) is 5.78 Å². The van der Waals surface area contributed by atoms with E-state index >= 15 is 0 Å². The van der Waals surface area contributed by atoms with Gasteiger partial charge >= 0.3 is 15.2 Å². The molecule has 0 fully saturated rings. The lowest BCUT2D eigenvalue weighted by molar-refractivity contribution is 0.106. The Hall–Kier alpha value is -1.41. The third kappa shape index (κ3) is 2.69. The summed E-state index contributed by atoms with van der Waals surface area (Å²) in [6.07, 6.45) is 1.73. The zero-order chi connectivity index (χ0) is 15.9. The molecule has 0 radical (unpaired) electrons. The fourth-order valence-corrected chi connectivity index (χ4v) is 4.20. The predicted molar refractivity (Wildman–Crippen MR) is 70.6 cm³/mol. The maximum atomic E-state index is 12.1. The van der Waals surface area contributed by atoms with Crippen molar-refractivity contribution in [1.29, 1.82) is 0 Å². The molecule has 2 rings (SSSR count). The average Bonchev–Trinajstić information content (AvgIpc) is 2.84. The summed E-state index contributed by atoms with van der Waals surface area (Å²) in [5, 5.41) is 0.494. The lowest BCUT2D eigenvalue weighted by atomic mass is 10.1. The van der Waals surface area contributed by atoms with E-state index in [1.54, 1.807) is 5.43 Å². The average molecular weight is 335 g/mol. The number of rotatable bonds is 4. The number of hydrogen-bond acceptors (Lipinski definition) is 6. The van der Waals surface area contributed by atoms with Crippen molar-refractivity contribution in [3.05, 3.63) is 30.1 Å². The molecule has 0 bridgehead atoms. The molecule has 5 N–H and O–H groups in total. The van der Waals surface area contributed by atoms with Crippen LogP contribution in [0.3, 0.4) is 0 Å². The SMILES string of the molecule is O=C(C1=NNC(P(=O)(O)O)(P(=O)(O)O)C1)c1cccnc1. The van der Waals surface area contributed by atoms with E-state index in [4.69, 9.17) is 0 Å². The Morgan fingerprint density at radius 1 is 1.24 bits per heavy atom. The predicted octanol–water partition coefficient (Wildman–Crippen LogP) is -0.377. The summed E-state index contributed by atoms with van der Waals surface area (Å²) in [7, 11) is -10.6. The first-order valence-corrected chi connectivity index (χ1v) is 8.71. The van der Waals surface area contributed by atoms with E-state index in [1.165, 1.54) is 24.5 Å². The molecule has 114 valence electrons. The molecule has 2 heterocycles. The number of carbonyl (C=O) groups is 1. The number of Topliss-reactive ketones (excluding diaryl/α,β-unsaturated/α-hetero) is 1. The number of ketones is 1. The minimum Gasteiger partial charge on any atom is -0.322 e. The number of carbonyl (C=O) groups excluding carboxylic acids is 1. The Labute approximate surface area is 118 Å². The molecule has 0 spiro atoms. The van der Waals surface area contributed by atoms with Crippen molar-refractivity contribution in [2.45, 2.75) is 11.4 Å². The highest BCUT2D eigenvalue weighted by atomic mass is 31.2. The summed E-state index contributed by atoms with van der Waals surface area (Å²) in [6.45, 7) is 0. The van der Waals surface area contributed by atoms with Gasteiger partial charge in [0.25, 0.3) is 5.02 Å². The number of nitrogens with one attached hydrogen (secondary N) is 1. The molecule has 0 saturated carbocycles. The second-order valence-electron chi connectivity index (χ2n) is 4.32. The number of aromatic nitrogens is 1. The van der Waals surface area contributed by atoms with Crippen molar-refractivity contribution in [2.75, 3.05) is 0 Å². The van der Waals surface area contributed by atoms with Crippen LogP contribution in [0.4, 0.5) is 0 Å². The molecule has 0 atom stereocenters. The Bertz CT molecular complexity index is 671. The third-order valence-electron chi connectivity index (χ3n) is 2.93. The van der Waals surface area contributed by atoms with Crippen LogP contribution < -0.4 is 5.43 Å². The molecule has 10 nitrogen and oxygen atoms in total. The number of pyridine rings is 1. The molecule has 0 amide bonds. The summed E-state index contributed by atoms with van der Waals surface area (Å²) in [4.78, 5) is 52.7. The van der Waals surface area contributed by atoms with Gasteiger partial charge in [-0.15, -0.1) is 0 Å². The zero-order valence-electron chi connectivity index (χ0n) is 10.3.